The van der Waals surface area contributed by atoms with Gasteiger partial charge >= 0.3 is 0 Å². The Balaban J connectivity index is 3.72. The lowest BCUT2D eigenvalue weighted by Crippen LogP contribution is -1.73. The first kappa shape index (κ1) is 10.5. The van der Waals surface area contributed by atoms with Gasteiger partial charge in [0.1, 0.15) is 0 Å². The largest absolute Gasteiger partial charge is 0.0816 e. The normalized spacial score (nSPS) is 11.5. The van der Waals surface area contributed by atoms with E-state index < -0.39 is 0 Å². The van der Waals surface area contributed by atoms with Gasteiger partial charge in [0.15, 0.2) is 0 Å². The van der Waals surface area contributed by atoms with E-state index in [4.69, 9.17) is 0 Å². The van der Waals surface area contributed by atoms with Crippen LogP contribution in [0.4, 0.5) is 0 Å². The molecule has 0 aliphatic rings. The van der Waals surface area contributed by atoms with Crippen LogP contribution in [0.3, 0.4) is 0 Å². The quantitative estimate of drug-likeness (QED) is 0.420. The maximum absolute atomic E-state index is 2.32. The van der Waals surface area contributed by atoms with Gasteiger partial charge in [-0.2, -0.15) is 0 Å². The second-order valence-electron chi connectivity index (χ2n) is 3.31. The van der Waals surface area contributed by atoms with Crippen LogP contribution >= 0.6 is 0 Å². The lowest BCUT2D eigenvalue weighted by Gasteiger charge is -1.94. The number of rotatable bonds is 4. The number of hydrogen-bond donors (Lipinski definition) is 0. The summed E-state index contributed by atoms with van der Waals surface area (Å²) in [6, 6.07) is 0. The zero-order chi connectivity index (χ0) is 8.69. The first-order valence-electron chi connectivity index (χ1n) is 4.48. The fraction of sp³-hybridized carbons (Fsp3) is 0.636. The van der Waals surface area contributed by atoms with Gasteiger partial charge in [0.25, 0.3) is 0 Å². The summed E-state index contributed by atoms with van der Waals surface area (Å²) < 4.78 is 0. The molecule has 0 atom stereocenters. The SMILES string of the molecule is CCCC/C=C(\C)C=C(C)C. The van der Waals surface area contributed by atoms with Gasteiger partial charge in [0, 0.05) is 0 Å². The highest BCUT2D eigenvalue weighted by Gasteiger charge is 1.83. The molecule has 0 radical (unpaired) electrons. The molecule has 0 fully saturated rings. The Kier molecular flexibility index (Phi) is 5.91. The monoisotopic (exact) mass is 152 g/mol. The second kappa shape index (κ2) is 6.21. The van der Waals surface area contributed by atoms with Gasteiger partial charge in [-0.05, 0) is 27.2 Å². The van der Waals surface area contributed by atoms with Crippen molar-refractivity contribution in [3.8, 4) is 0 Å². The molecule has 0 aliphatic carbocycles. The van der Waals surface area contributed by atoms with Crippen molar-refractivity contribution in [2.75, 3.05) is 0 Å². The third-order valence-electron chi connectivity index (χ3n) is 1.54. The zero-order valence-corrected chi connectivity index (χ0v) is 8.28. The molecular formula is C11H20. The number of allylic oxidation sites excluding steroid dienone is 4. The van der Waals surface area contributed by atoms with E-state index in [2.05, 4.69) is 39.8 Å². The van der Waals surface area contributed by atoms with Crippen LogP contribution in [-0.4, -0.2) is 0 Å². The van der Waals surface area contributed by atoms with Crippen LogP contribution in [0.1, 0.15) is 47.0 Å². The van der Waals surface area contributed by atoms with Crippen molar-refractivity contribution in [1.29, 1.82) is 0 Å². The summed E-state index contributed by atoms with van der Waals surface area (Å²) in [6.07, 6.45) is 8.38. The third-order valence-corrected chi connectivity index (χ3v) is 1.54. The molecule has 11 heavy (non-hydrogen) atoms. The molecule has 0 aromatic rings. The fourth-order valence-electron chi connectivity index (χ4n) is 1.05. The van der Waals surface area contributed by atoms with Crippen LogP contribution in [0.5, 0.6) is 0 Å². The average molecular weight is 152 g/mol. The number of hydrogen-bond acceptors (Lipinski definition) is 0. The molecule has 0 amide bonds. The summed E-state index contributed by atoms with van der Waals surface area (Å²) >= 11 is 0. The number of unbranched alkanes of at least 4 members (excludes halogenated alkanes) is 2. The molecule has 0 aliphatic heterocycles. The zero-order valence-electron chi connectivity index (χ0n) is 8.28. The highest BCUT2D eigenvalue weighted by atomic mass is 13.9. The molecule has 64 valence electrons. The summed E-state index contributed by atoms with van der Waals surface area (Å²) in [5.74, 6) is 0. The van der Waals surface area contributed by atoms with E-state index >= 15 is 0 Å². The summed E-state index contributed by atoms with van der Waals surface area (Å²) in [5.41, 5.74) is 2.79. The van der Waals surface area contributed by atoms with E-state index in [9.17, 15) is 0 Å². The highest BCUT2D eigenvalue weighted by molar-refractivity contribution is 5.19. The molecule has 0 saturated carbocycles. The van der Waals surface area contributed by atoms with Crippen molar-refractivity contribution in [2.45, 2.75) is 47.0 Å². The molecule has 0 aromatic heterocycles. The lowest BCUT2D eigenvalue weighted by atomic mass is 10.1. The van der Waals surface area contributed by atoms with Crippen molar-refractivity contribution in [2.24, 2.45) is 0 Å². The second-order valence-corrected chi connectivity index (χ2v) is 3.31. The highest BCUT2D eigenvalue weighted by Crippen LogP contribution is 2.04. The van der Waals surface area contributed by atoms with Gasteiger partial charge in [-0.1, -0.05) is 43.1 Å². The predicted molar refractivity (Wildman–Crippen MR) is 52.7 cm³/mol. The fourth-order valence-corrected chi connectivity index (χ4v) is 1.05. The van der Waals surface area contributed by atoms with Gasteiger partial charge in [-0.15, -0.1) is 0 Å². The minimum Gasteiger partial charge on any atom is -0.0816 e. The van der Waals surface area contributed by atoms with E-state index in [0.29, 0.717) is 0 Å². The molecule has 0 spiro atoms. The van der Waals surface area contributed by atoms with Crippen LogP contribution in [0.2, 0.25) is 0 Å². The molecule has 0 nitrogen and oxygen atoms in total. The van der Waals surface area contributed by atoms with Crippen molar-refractivity contribution < 1.29 is 0 Å². The molecule has 0 heterocycles. The van der Waals surface area contributed by atoms with E-state index in [0.717, 1.165) is 0 Å². The van der Waals surface area contributed by atoms with Crippen LogP contribution in [-0.2, 0) is 0 Å². The predicted octanol–water partition coefficient (Wildman–Crippen LogP) is 4.09. The molecule has 0 unspecified atom stereocenters. The molecular weight excluding hydrogens is 132 g/mol. The van der Waals surface area contributed by atoms with Gasteiger partial charge in [-0.25, -0.2) is 0 Å². The van der Waals surface area contributed by atoms with E-state index in [-0.39, 0.29) is 0 Å². The summed E-state index contributed by atoms with van der Waals surface area (Å²) in [6.45, 7) is 8.67. The maximum Gasteiger partial charge on any atom is -0.0345 e. The molecule has 0 N–H and O–H groups in total. The Bertz CT molecular complexity index is 145. The first-order chi connectivity index (χ1) is 5.16. The van der Waals surface area contributed by atoms with E-state index in [1.165, 1.54) is 30.4 Å². The van der Waals surface area contributed by atoms with Crippen molar-refractivity contribution in [3.05, 3.63) is 23.3 Å². The van der Waals surface area contributed by atoms with Crippen LogP contribution in [0.25, 0.3) is 0 Å². The van der Waals surface area contributed by atoms with Crippen LogP contribution in [0.15, 0.2) is 23.3 Å². The minimum absolute atomic E-state index is 1.23. The lowest BCUT2D eigenvalue weighted by molar-refractivity contribution is 0.812. The molecule has 0 saturated heterocycles. The first-order valence-corrected chi connectivity index (χ1v) is 4.48. The maximum atomic E-state index is 2.32. The topological polar surface area (TPSA) is 0 Å². The van der Waals surface area contributed by atoms with Gasteiger partial charge < -0.3 is 0 Å². The molecule has 0 heteroatoms. The Morgan fingerprint density at radius 2 is 1.82 bits per heavy atom. The Morgan fingerprint density at radius 3 is 2.27 bits per heavy atom. The van der Waals surface area contributed by atoms with Crippen molar-refractivity contribution in [3.63, 3.8) is 0 Å². The van der Waals surface area contributed by atoms with Crippen LogP contribution < -0.4 is 0 Å². The van der Waals surface area contributed by atoms with E-state index in [1.54, 1.807) is 0 Å². The van der Waals surface area contributed by atoms with E-state index in [1.807, 2.05) is 0 Å². The minimum atomic E-state index is 1.23. The van der Waals surface area contributed by atoms with Crippen molar-refractivity contribution in [1.82, 2.24) is 0 Å². The molecule has 0 rings (SSSR count). The molecule has 0 aromatic carbocycles. The van der Waals surface area contributed by atoms with Crippen molar-refractivity contribution >= 4 is 0 Å². The van der Waals surface area contributed by atoms with Gasteiger partial charge in [-0.3, -0.25) is 0 Å². The Labute approximate surface area is 71.0 Å². The smallest absolute Gasteiger partial charge is 0.0345 e. The van der Waals surface area contributed by atoms with Crippen LogP contribution in [0, 0.1) is 0 Å². The standard InChI is InChI=1S/C11H20/c1-5-6-7-8-11(4)9-10(2)3/h8-9H,5-7H2,1-4H3/b11-8+. The Morgan fingerprint density at radius 1 is 1.18 bits per heavy atom. The summed E-state index contributed by atoms with van der Waals surface area (Å²) in [4.78, 5) is 0. The van der Waals surface area contributed by atoms with Gasteiger partial charge in [0.2, 0.25) is 0 Å². The third kappa shape index (κ3) is 7.38. The summed E-state index contributed by atoms with van der Waals surface area (Å²) in [5, 5.41) is 0. The van der Waals surface area contributed by atoms with Gasteiger partial charge in [0.05, 0.1) is 0 Å². The molecule has 0 bridgehead atoms. The Hall–Kier alpha value is -0.520. The average Bonchev–Trinajstić information content (AvgIpc) is 1.86. The summed E-state index contributed by atoms with van der Waals surface area (Å²) in [7, 11) is 0.